The number of rotatable bonds is 7. The molecule has 1 aliphatic heterocycles. The SMILES string of the molecule is CC(C)(C)/C=C\[C@H](CCC(F)(F)F)N1CCC(F)(F)[C@H](CC(=O)O)[C@H]1c1ccc(C(F)(F)F)cc1. The van der Waals surface area contributed by atoms with Crippen molar-refractivity contribution in [3.05, 3.63) is 47.5 Å². The van der Waals surface area contributed by atoms with Gasteiger partial charge < -0.3 is 5.11 Å². The first-order valence-corrected chi connectivity index (χ1v) is 11.1. The van der Waals surface area contributed by atoms with Gasteiger partial charge in [0.15, 0.2) is 0 Å². The first-order valence-electron chi connectivity index (χ1n) is 11.1. The molecule has 3 atom stereocenters. The number of halogens is 8. The molecule has 1 saturated heterocycles. The number of alkyl halides is 8. The van der Waals surface area contributed by atoms with Gasteiger partial charge in [0, 0.05) is 31.5 Å². The van der Waals surface area contributed by atoms with Gasteiger partial charge in [0.2, 0.25) is 0 Å². The lowest BCUT2D eigenvalue weighted by Crippen LogP contribution is -2.53. The summed E-state index contributed by atoms with van der Waals surface area (Å²) in [5.74, 6) is -6.86. The van der Waals surface area contributed by atoms with Crippen molar-refractivity contribution in [1.29, 1.82) is 0 Å². The Kier molecular flexibility index (Phi) is 8.67. The second kappa shape index (κ2) is 10.4. The van der Waals surface area contributed by atoms with Crippen molar-refractivity contribution in [2.75, 3.05) is 6.54 Å². The summed E-state index contributed by atoms with van der Waals surface area (Å²) in [6.45, 7) is 5.05. The van der Waals surface area contributed by atoms with Crippen LogP contribution < -0.4 is 0 Å². The zero-order valence-electron chi connectivity index (χ0n) is 19.6. The Bertz CT molecular complexity index is 885. The highest BCUT2D eigenvalue weighted by molar-refractivity contribution is 5.67. The van der Waals surface area contributed by atoms with Crippen molar-refractivity contribution in [1.82, 2.24) is 4.90 Å². The molecular weight excluding hydrogens is 486 g/mol. The molecule has 0 amide bonds. The molecule has 1 N–H and O–H groups in total. The van der Waals surface area contributed by atoms with Crippen LogP contribution in [-0.2, 0) is 11.0 Å². The summed E-state index contributed by atoms with van der Waals surface area (Å²) in [6.07, 6.45) is -9.52. The van der Waals surface area contributed by atoms with Crippen molar-refractivity contribution >= 4 is 5.97 Å². The molecule has 2 rings (SSSR count). The Labute approximate surface area is 198 Å². The minimum atomic E-state index is -4.68. The van der Waals surface area contributed by atoms with Gasteiger partial charge in [0.05, 0.1) is 17.9 Å². The van der Waals surface area contributed by atoms with Crippen molar-refractivity contribution in [3.8, 4) is 0 Å². The van der Waals surface area contributed by atoms with Crippen molar-refractivity contribution in [2.45, 2.75) is 76.8 Å². The molecule has 0 aromatic heterocycles. The highest BCUT2D eigenvalue weighted by Gasteiger charge is 2.52. The van der Waals surface area contributed by atoms with Gasteiger partial charge in [-0.25, -0.2) is 8.78 Å². The van der Waals surface area contributed by atoms with Gasteiger partial charge in [-0.15, -0.1) is 0 Å². The van der Waals surface area contributed by atoms with Gasteiger partial charge in [-0.1, -0.05) is 45.1 Å². The van der Waals surface area contributed by atoms with Gasteiger partial charge in [-0.2, -0.15) is 26.3 Å². The van der Waals surface area contributed by atoms with Crippen LogP contribution in [0.15, 0.2) is 36.4 Å². The summed E-state index contributed by atoms with van der Waals surface area (Å²) >= 11 is 0. The fourth-order valence-corrected chi connectivity index (χ4v) is 4.26. The van der Waals surface area contributed by atoms with Crippen LogP contribution in [-0.4, -0.2) is 40.7 Å². The zero-order valence-corrected chi connectivity index (χ0v) is 19.6. The summed E-state index contributed by atoms with van der Waals surface area (Å²) in [4.78, 5) is 12.8. The minimum Gasteiger partial charge on any atom is -0.481 e. The first kappa shape index (κ1) is 29.1. The van der Waals surface area contributed by atoms with Gasteiger partial charge >= 0.3 is 18.3 Å². The number of hydrogen-bond acceptors (Lipinski definition) is 2. The smallest absolute Gasteiger partial charge is 0.416 e. The molecule has 1 aromatic carbocycles. The van der Waals surface area contributed by atoms with Crippen molar-refractivity contribution in [2.24, 2.45) is 11.3 Å². The second-order valence-corrected chi connectivity index (χ2v) is 9.96. The monoisotopic (exact) mass is 515 g/mol. The summed E-state index contributed by atoms with van der Waals surface area (Å²) in [5.41, 5.74) is -1.48. The predicted octanol–water partition coefficient (Wildman–Crippen LogP) is 7.49. The number of carboxylic acids is 1. The van der Waals surface area contributed by atoms with Crippen molar-refractivity contribution in [3.63, 3.8) is 0 Å². The highest BCUT2D eigenvalue weighted by Crippen LogP contribution is 2.48. The number of likely N-dealkylation sites (tertiary alicyclic amines) is 1. The highest BCUT2D eigenvalue weighted by atomic mass is 19.4. The Morgan fingerprint density at radius 3 is 2.14 bits per heavy atom. The van der Waals surface area contributed by atoms with Crippen LogP contribution >= 0.6 is 0 Å². The average Bonchev–Trinajstić information content (AvgIpc) is 2.67. The van der Waals surface area contributed by atoms with Gasteiger partial charge in [0.25, 0.3) is 5.92 Å². The predicted molar refractivity (Wildman–Crippen MR) is 114 cm³/mol. The lowest BCUT2D eigenvalue weighted by atomic mass is 9.78. The number of carboxylic acid groups (broad SMARTS) is 1. The van der Waals surface area contributed by atoms with Crippen LogP contribution in [0.2, 0.25) is 0 Å². The molecule has 198 valence electrons. The van der Waals surface area contributed by atoms with Gasteiger partial charge in [-0.05, 0) is 29.5 Å². The number of nitrogens with zero attached hydrogens (tertiary/aromatic N) is 1. The standard InChI is InChI=1S/C24H29F8NO2/c1-21(2,3)10-8-17(9-11-23(27,28)29)33-13-12-22(25,26)18(14-19(34)35)20(33)15-4-6-16(7-5-15)24(30,31)32/h4-8,10,17-18,20H,9,11-14H2,1-3H3,(H,34,35)/b10-8-/t17-,18-,20-/m1/s1. The second-order valence-electron chi connectivity index (χ2n) is 9.96. The van der Waals surface area contributed by atoms with E-state index in [1.165, 1.54) is 11.0 Å². The first-order chi connectivity index (χ1) is 15.8. The Morgan fingerprint density at radius 2 is 1.69 bits per heavy atom. The molecule has 1 aliphatic rings. The molecule has 1 fully saturated rings. The van der Waals surface area contributed by atoms with E-state index in [0.29, 0.717) is 12.1 Å². The summed E-state index contributed by atoms with van der Waals surface area (Å²) < 4.78 is 108. The molecule has 0 spiro atoms. The van der Waals surface area contributed by atoms with Crippen molar-refractivity contribution < 1.29 is 45.0 Å². The number of hydrogen-bond donors (Lipinski definition) is 1. The van der Waals surface area contributed by atoms with Crippen LogP contribution in [0.5, 0.6) is 0 Å². The lowest BCUT2D eigenvalue weighted by Gasteiger charge is -2.48. The Morgan fingerprint density at radius 1 is 1.11 bits per heavy atom. The Balaban J connectivity index is 2.60. The molecule has 1 heterocycles. The van der Waals surface area contributed by atoms with E-state index in [1.807, 2.05) is 0 Å². The molecule has 11 heteroatoms. The lowest BCUT2D eigenvalue weighted by molar-refractivity contribution is -0.164. The van der Waals surface area contributed by atoms with Crippen LogP contribution in [0.1, 0.15) is 63.6 Å². The number of piperidine rings is 1. The summed E-state index contributed by atoms with van der Waals surface area (Å²) in [7, 11) is 0. The maximum atomic E-state index is 15.0. The number of carbonyl (C=O) groups is 1. The van der Waals surface area contributed by atoms with E-state index in [1.54, 1.807) is 26.8 Å². The maximum absolute atomic E-state index is 15.0. The van der Waals surface area contributed by atoms with Crippen LogP contribution in [0.3, 0.4) is 0 Å². The molecule has 0 saturated carbocycles. The summed E-state index contributed by atoms with van der Waals surface area (Å²) in [5, 5.41) is 9.30. The average molecular weight is 515 g/mol. The molecule has 3 nitrogen and oxygen atoms in total. The van der Waals surface area contributed by atoms with Gasteiger partial charge in [0.1, 0.15) is 0 Å². The molecule has 35 heavy (non-hydrogen) atoms. The quantitative estimate of drug-likeness (QED) is 0.302. The third-order valence-electron chi connectivity index (χ3n) is 5.93. The minimum absolute atomic E-state index is 0.00945. The van der Waals surface area contributed by atoms with Gasteiger partial charge in [-0.3, -0.25) is 9.69 Å². The molecule has 0 aliphatic carbocycles. The molecule has 0 unspecified atom stereocenters. The van der Waals surface area contributed by atoms with Crippen LogP contribution in [0.25, 0.3) is 0 Å². The fourth-order valence-electron chi connectivity index (χ4n) is 4.26. The Hall–Kier alpha value is -2.17. The fraction of sp³-hybridized carbons (Fsp3) is 0.625. The van der Waals surface area contributed by atoms with E-state index in [9.17, 15) is 45.0 Å². The van der Waals surface area contributed by atoms with Crippen LogP contribution in [0.4, 0.5) is 35.1 Å². The third kappa shape index (κ3) is 8.47. The molecular formula is C24H29F8NO2. The summed E-state index contributed by atoms with van der Waals surface area (Å²) in [6, 6.07) is 0.994. The normalized spacial score (nSPS) is 22.9. The molecule has 0 bridgehead atoms. The largest absolute Gasteiger partial charge is 0.481 e. The topological polar surface area (TPSA) is 40.5 Å². The maximum Gasteiger partial charge on any atom is 0.416 e. The number of allylic oxidation sites excluding steroid dienone is 1. The van der Waals surface area contributed by atoms with E-state index < -0.39 is 78.9 Å². The van der Waals surface area contributed by atoms with E-state index in [4.69, 9.17) is 0 Å². The van der Waals surface area contributed by atoms with E-state index in [0.717, 1.165) is 12.1 Å². The van der Waals surface area contributed by atoms with E-state index in [2.05, 4.69) is 0 Å². The molecule has 1 aromatic rings. The van der Waals surface area contributed by atoms with E-state index in [-0.39, 0.29) is 12.1 Å². The number of aliphatic carboxylic acids is 1. The van der Waals surface area contributed by atoms with Crippen LogP contribution in [0, 0.1) is 11.3 Å². The third-order valence-corrected chi connectivity index (χ3v) is 5.93. The van der Waals surface area contributed by atoms with E-state index >= 15 is 0 Å². The zero-order chi connectivity index (χ0) is 26.8. The molecule has 0 radical (unpaired) electrons. The number of benzene rings is 1.